The molecule has 1 aromatic carbocycles. The predicted octanol–water partition coefficient (Wildman–Crippen LogP) is 2.88. The summed E-state index contributed by atoms with van der Waals surface area (Å²) in [5.41, 5.74) is 4.40. The third-order valence-corrected chi connectivity index (χ3v) is 3.95. The van der Waals surface area contributed by atoms with E-state index in [1.807, 2.05) is 0 Å². The Labute approximate surface area is 105 Å². The van der Waals surface area contributed by atoms with Crippen LogP contribution in [0, 0.1) is 13.8 Å². The first-order valence-electron chi connectivity index (χ1n) is 6.61. The van der Waals surface area contributed by atoms with Crippen LogP contribution in [0.5, 0.6) is 0 Å². The van der Waals surface area contributed by atoms with E-state index in [1.165, 1.54) is 23.2 Å². The maximum atomic E-state index is 3.63. The van der Waals surface area contributed by atoms with Crippen molar-refractivity contribution in [3.05, 3.63) is 29.3 Å². The predicted molar refractivity (Wildman–Crippen MR) is 74.8 cm³/mol. The minimum Gasteiger partial charge on any atom is -0.368 e. The van der Waals surface area contributed by atoms with Crippen LogP contribution in [0.15, 0.2) is 18.2 Å². The number of anilines is 1. The zero-order chi connectivity index (χ0) is 12.5. The quantitative estimate of drug-likeness (QED) is 0.843. The van der Waals surface area contributed by atoms with Gasteiger partial charge in [-0.2, -0.15) is 0 Å². The van der Waals surface area contributed by atoms with Crippen LogP contribution in [0.2, 0.25) is 0 Å². The molecule has 0 aliphatic carbocycles. The molecule has 1 heterocycles. The molecule has 1 saturated heterocycles. The summed E-state index contributed by atoms with van der Waals surface area (Å²) in [6.07, 6.45) is 1.18. The van der Waals surface area contributed by atoms with Crippen LogP contribution in [0.1, 0.15) is 31.4 Å². The number of benzene rings is 1. The molecule has 1 aliphatic rings. The molecule has 0 spiro atoms. The molecule has 0 amide bonds. The van der Waals surface area contributed by atoms with Gasteiger partial charge in [-0.15, -0.1) is 0 Å². The van der Waals surface area contributed by atoms with E-state index in [4.69, 9.17) is 0 Å². The summed E-state index contributed by atoms with van der Waals surface area (Å²) in [4.78, 5) is 2.52. The van der Waals surface area contributed by atoms with E-state index in [-0.39, 0.29) is 5.54 Å². The van der Waals surface area contributed by atoms with Gasteiger partial charge >= 0.3 is 0 Å². The van der Waals surface area contributed by atoms with Crippen LogP contribution < -0.4 is 10.2 Å². The molecule has 1 unspecified atom stereocenters. The number of piperazine rings is 1. The molecule has 2 rings (SSSR count). The van der Waals surface area contributed by atoms with E-state index < -0.39 is 0 Å². The lowest BCUT2D eigenvalue weighted by atomic mass is 9.95. The number of nitrogens with zero attached hydrogens (tertiary/aromatic N) is 1. The van der Waals surface area contributed by atoms with Gasteiger partial charge in [-0.3, -0.25) is 0 Å². The molecule has 1 atom stereocenters. The molecular formula is C15H24N2. The van der Waals surface area contributed by atoms with Crippen molar-refractivity contribution >= 4 is 5.69 Å². The van der Waals surface area contributed by atoms with Gasteiger partial charge in [0.2, 0.25) is 0 Å². The summed E-state index contributed by atoms with van der Waals surface area (Å²) in [5, 5.41) is 3.63. The molecule has 0 aromatic heterocycles. The second-order valence-corrected chi connectivity index (χ2v) is 5.55. The summed E-state index contributed by atoms with van der Waals surface area (Å²) < 4.78 is 0. The first-order chi connectivity index (χ1) is 8.04. The third kappa shape index (κ3) is 2.63. The molecule has 2 nitrogen and oxygen atoms in total. The number of nitrogens with one attached hydrogen (secondary N) is 1. The molecule has 2 heteroatoms. The molecule has 0 bridgehead atoms. The van der Waals surface area contributed by atoms with Gasteiger partial charge in [0.1, 0.15) is 0 Å². The second-order valence-electron chi connectivity index (χ2n) is 5.55. The van der Waals surface area contributed by atoms with Gasteiger partial charge in [0, 0.05) is 30.9 Å². The van der Waals surface area contributed by atoms with Gasteiger partial charge in [-0.05, 0) is 38.8 Å². The van der Waals surface area contributed by atoms with Gasteiger partial charge in [-0.1, -0.05) is 24.6 Å². The fraction of sp³-hybridized carbons (Fsp3) is 0.600. The minimum absolute atomic E-state index is 0.260. The molecule has 94 valence electrons. The van der Waals surface area contributed by atoms with Crippen LogP contribution in [-0.2, 0) is 0 Å². The fourth-order valence-corrected chi connectivity index (χ4v) is 2.65. The lowest BCUT2D eigenvalue weighted by molar-refractivity contribution is 0.314. The van der Waals surface area contributed by atoms with E-state index in [1.54, 1.807) is 0 Å². The number of rotatable bonds is 2. The van der Waals surface area contributed by atoms with Crippen molar-refractivity contribution in [3.63, 3.8) is 0 Å². The van der Waals surface area contributed by atoms with Crippen LogP contribution in [0.25, 0.3) is 0 Å². The average molecular weight is 232 g/mol. The number of hydrogen-bond acceptors (Lipinski definition) is 2. The highest BCUT2D eigenvalue weighted by Crippen LogP contribution is 2.25. The highest BCUT2D eigenvalue weighted by molar-refractivity contribution is 5.55. The summed E-state index contributed by atoms with van der Waals surface area (Å²) in [6, 6.07) is 6.76. The van der Waals surface area contributed by atoms with Crippen molar-refractivity contribution in [1.82, 2.24) is 5.32 Å². The van der Waals surface area contributed by atoms with Crippen molar-refractivity contribution < 1.29 is 0 Å². The maximum Gasteiger partial charge on any atom is 0.0397 e. The van der Waals surface area contributed by atoms with Gasteiger partial charge in [-0.25, -0.2) is 0 Å². The zero-order valence-corrected chi connectivity index (χ0v) is 11.5. The first-order valence-corrected chi connectivity index (χ1v) is 6.61. The van der Waals surface area contributed by atoms with Crippen LogP contribution in [0.4, 0.5) is 5.69 Å². The number of aryl methyl sites for hydroxylation is 2. The van der Waals surface area contributed by atoms with Gasteiger partial charge in [0.05, 0.1) is 0 Å². The van der Waals surface area contributed by atoms with Crippen molar-refractivity contribution in [1.29, 1.82) is 0 Å². The molecular weight excluding hydrogens is 208 g/mol. The van der Waals surface area contributed by atoms with Gasteiger partial charge in [0.15, 0.2) is 0 Å². The molecule has 17 heavy (non-hydrogen) atoms. The van der Waals surface area contributed by atoms with E-state index >= 15 is 0 Å². The summed E-state index contributed by atoms with van der Waals surface area (Å²) >= 11 is 0. The molecule has 0 radical (unpaired) electrons. The summed E-state index contributed by atoms with van der Waals surface area (Å²) in [6.45, 7) is 12.3. The highest BCUT2D eigenvalue weighted by Gasteiger charge is 2.29. The molecule has 1 aliphatic heterocycles. The van der Waals surface area contributed by atoms with Crippen molar-refractivity contribution in [3.8, 4) is 0 Å². The van der Waals surface area contributed by atoms with Crippen molar-refractivity contribution in [2.45, 2.75) is 39.7 Å². The number of hydrogen-bond donors (Lipinski definition) is 1. The minimum atomic E-state index is 0.260. The Bertz CT molecular complexity index is 400. The molecule has 1 N–H and O–H groups in total. The van der Waals surface area contributed by atoms with Crippen molar-refractivity contribution in [2.75, 3.05) is 24.5 Å². The Kier molecular flexibility index (Phi) is 3.43. The summed E-state index contributed by atoms with van der Waals surface area (Å²) in [7, 11) is 0. The van der Waals surface area contributed by atoms with Crippen LogP contribution in [0.3, 0.4) is 0 Å². The molecule has 1 fully saturated rings. The van der Waals surface area contributed by atoms with Crippen LogP contribution >= 0.6 is 0 Å². The standard InChI is InChI=1S/C15H24N2/c1-5-15(4)11-17(9-8-16-15)14-7-6-12(2)10-13(14)3/h6-7,10,16H,5,8-9,11H2,1-4H3. The van der Waals surface area contributed by atoms with Crippen molar-refractivity contribution in [2.24, 2.45) is 0 Å². The van der Waals surface area contributed by atoms with Gasteiger partial charge < -0.3 is 10.2 Å². The van der Waals surface area contributed by atoms with E-state index in [9.17, 15) is 0 Å². The smallest absolute Gasteiger partial charge is 0.0397 e. The van der Waals surface area contributed by atoms with E-state index in [2.05, 4.69) is 56.1 Å². The van der Waals surface area contributed by atoms with E-state index in [0.29, 0.717) is 0 Å². The monoisotopic (exact) mass is 232 g/mol. The zero-order valence-electron chi connectivity index (χ0n) is 11.5. The Morgan fingerprint density at radius 1 is 1.35 bits per heavy atom. The Morgan fingerprint density at radius 2 is 2.12 bits per heavy atom. The van der Waals surface area contributed by atoms with Crippen LogP contribution in [-0.4, -0.2) is 25.2 Å². The fourth-order valence-electron chi connectivity index (χ4n) is 2.65. The lowest BCUT2D eigenvalue weighted by Crippen LogP contribution is -2.58. The summed E-state index contributed by atoms with van der Waals surface area (Å²) in [5.74, 6) is 0. The second kappa shape index (κ2) is 4.69. The van der Waals surface area contributed by atoms with Gasteiger partial charge in [0.25, 0.3) is 0 Å². The highest BCUT2D eigenvalue weighted by atomic mass is 15.2. The first kappa shape index (κ1) is 12.4. The normalized spacial score (nSPS) is 25.1. The SMILES string of the molecule is CCC1(C)CN(c2ccc(C)cc2C)CCN1. The molecule has 0 saturated carbocycles. The topological polar surface area (TPSA) is 15.3 Å². The Morgan fingerprint density at radius 3 is 2.76 bits per heavy atom. The Balaban J connectivity index is 2.22. The molecule has 1 aromatic rings. The third-order valence-electron chi connectivity index (χ3n) is 3.95. The lowest BCUT2D eigenvalue weighted by Gasteiger charge is -2.42. The Hall–Kier alpha value is -1.02. The average Bonchev–Trinajstić information content (AvgIpc) is 2.29. The van der Waals surface area contributed by atoms with E-state index in [0.717, 1.165) is 19.6 Å². The maximum absolute atomic E-state index is 3.63. The largest absolute Gasteiger partial charge is 0.368 e.